The highest BCUT2D eigenvalue weighted by molar-refractivity contribution is 14.1. The molecule has 0 bridgehead atoms. The minimum Gasteiger partial charge on any atom is -0.444 e. The van der Waals surface area contributed by atoms with E-state index in [1.54, 1.807) is 11.9 Å². The fourth-order valence-corrected chi connectivity index (χ4v) is 4.56. The summed E-state index contributed by atoms with van der Waals surface area (Å²) in [5, 5.41) is 13.8. The predicted octanol–water partition coefficient (Wildman–Crippen LogP) is 3.86. The molecular weight excluding hydrogens is 488 g/mol. The first-order valence-electron chi connectivity index (χ1n) is 8.20. The predicted molar refractivity (Wildman–Crippen MR) is 115 cm³/mol. The van der Waals surface area contributed by atoms with Gasteiger partial charge >= 0.3 is 10.1 Å². The molecule has 2 unspecified atom stereocenters. The van der Waals surface area contributed by atoms with Crippen LogP contribution in [0.1, 0.15) is 52.2 Å². The second kappa shape index (κ2) is 10.5. The summed E-state index contributed by atoms with van der Waals surface area (Å²) < 4.78 is 9.90. The number of hydrogen-bond donors (Lipinski definition) is 2. The van der Waals surface area contributed by atoms with Crippen molar-refractivity contribution < 1.29 is 19.4 Å². The summed E-state index contributed by atoms with van der Waals surface area (Å²) in [7, 11) is 1.70. The minimum absolute atomic E-state index is 0.153. The molecule has 0 saturated carbocycles. The van der Waals surface area contributed by atoms with Crippen LogP contribution in [0.2, 0.25) is 0 Å². The lowest BCUT2D eigenvalue weighted by atomic mass is 9.97. The number of nitrogens with zero attached hydrogens (tertiary/aromatic N) is 2. The highest BCUT2D eigenvalue weighted by atomic mass is 127. The molecule has 0 aliphatic heterocycles. The van der Waals surface area contributed by atoms with Crippen LogP contribution in [-0.2, 0) is 9.49 Å². The lowest BCUT2D eigenvalue weighted by Gasteiger charge is -2.34. The van der Waals surface area contributed by atoms with Crippen LogP contribution < -0.4 is 5.90 Å². The SMILES string of the molecule is CC(C)C(CC(O)c1nc(SB(I)ON)cs1)N(C)C(=O)OC(C)(C)C. The molecule has 0 aromatic carbocycles. The molecule has 1 amide bonds. The van der Waals surface area contributed by atoms with Crippen LogP contribution in [0.4, 0.5) is 4.79 Å². The van der Waals surface area contributed by atoms with Crippen molar-refractivity contribution in [1.82, 2.24) is 9.88 Å². The Hall–Kier alpha value is -0.0751. The van der Waals surface area contributed by atoms with E-state index in [0.29, 0.717) is 11.4 Å². The van der Waals surface area contributed by atoms with E-state index < -0.39 is 17.8 Å². The number of carbonyl (C=O) groups is 1. The molecule has 148 valence electrons. The Bertz CT molecular complexity index is 585. The van der Waals surface area contributed by atoms with Crippen LogP contribution in [0.25, 0.3) is 0 Å². The van der Waals surface area contributed by atoms with Crippen molar-refractivity contribution in [2.24, 2.45) is 11.8 Å². The molecule has 2 atom stereocenters. The average Bonchev–Trinajstić information content (AvgIpc) is 2.98. The van der Waals surface area contributed by atoms with Gasteiger partial charge in [0.2, 0.25) is 0 Å². The highest BCUT2D eigenvalue weighted by Crippen LogP contribution is 2.31. The Kier molecular flexibility index (Phi) is 9.64. The van der Waals surface area contributed by atoms with Crippen LogP contribution in [0.15, 0.2) is 10.4 Å². The topological polar surface area (TPSA) is 97.9 Å². The summed E-state index contributed by atoms with van der Waals surface area (Å²) in [6.45, 7) is 9.52. The van der Waals surface area contributed by atoms with Gasteiger partial charge in [-0.2, -0.15) is 0 Å². The number of halogens is 1. The summed E-state index contributed by atoms with van der Waals surface area (Å²) in [4.78, 5) is 18.4. The van der Waals surface area contributed by atoms with Gasteiger partial charge in [0.05, 0.1) is 0 Å². The smallest absolute Gasteiger partial charge is 0.444 e. The zero-order valence-corrected chi connectivity index (χ0v) is 19.7. The number of rotatable bonds is 8. The number of carbonyl (C=O) groups excluding carboxylic acids is 1. The van der Waals surface area contributed by atoms with Gasteiger partial charge in [-0.1, -0.05) is 36.2 Å². The standard InChI is InChI=1S/C15H27BIN3O4S2/c1-9(2)10(20(6)14(22)23-15(3,4)5)7-11(21)13-19-12(8-25-13)26-16(17)24-18/h8-11,21H,7,18H2,1-6H3. The first kappa shape index (κ1) is 24.0. The fraction of sp³-hybridized carbons (Fsp3) is 0.733. The normalized spacial score (nSPS) is 14.2. The molecule has 1 aromatic rings. The number of nitrogens with two attached hydrogens (primary N) is 1. The van der Waals surface area contributed by atoms with Crippen molar-refractivity contribution in [3.05, 3.63) is 10.4 Å². The lowest BCUT2D eigenvalue weighted by Crippen LogP contribution is -2.44. The van der Waals surface area contributed by atoms with Gasteiger partial charge in [0.25, 0.3) is 0 Å². The van der Waals surface area contributed by atoms with E-state index in [9.17, 15) is 9.90 Å². The van der Waals surface area contributed by atoms with Crippen molar-refractivity contribution in [3.63, 3.8) is 0 Å². The number of thiazole rings is 1. The zero-order chi connectivity index (χ0) is 20.1. The summed E-state index contributed by atoms with van der Waals surface area (Å²) in [5.74, 6) is 5.29. The Morgan fingerprint density at radius 1 is 1.54 bits per heavy atom. The highest BCUT2D eigenvalue weighted by Gasteiger charge is 2.30. The van der Waals surface area contributed by atoms with E-state index in [1.165, 1.54) is 22.9 Å². The van der Waals surface area contributed by atoms with Crippen LogP contribution >= 0.6 is 45.3 Å². The minimum atomic E-state index is -0.766. The second-order valence-electron chi connectivity index (χ2n) is 7.21. The van der Waals surface area contributed by atoms with Crippen molar-refractivity contribution in [3.8, 4) is 0 Å². The molecular formula is C15H27BIN3O4S2. The first-order chi connectivity index (χ1) is 11.9. The summed E-state index contributed by atoms with van der Waals surface area (Å²) in [6, 6.07) is -0.176. The largest absolute Gasteiger partial charge is 0.459 e. The maximum absolute atomic E-state index is 12.4. The van der Waals surface area contributed by atoms with Gasteiger partial charge in [-0.3, -0.25) is 0 Å². The molecule has 0 aliphatic rings. The van der Waals surface area contributed by atoms with Crippen LogP contribution in [0.5, 0.6) is 0 Å². The quantitative estimate of drug-likeness (QED) is 0.308. The van der Waals surface area contributed by atoms with Gasteiger partial charge in [-0.15, -0.1) is 22.9 Å². The van der Waals surface area contributed by atoms with Crippen molar-refractivity contribution in [2.45, 2.75) is 63.8 Å². The van der Waals surface area contributed by atoms with Gasteiger partial charge in [0.1, 0.15) is 21.7 Å². The number of aliphatic hydroxyl groups is 1. The van der Waals surface area contributed by atoms with E-state index in [4.69, 9.17) is 15.4 Å². The molecule has 1 heterocycles. The number of aromatic nitrogens is 1. The monoisotopic (exact) mass is 515 g/mol. The fourth-order valence-electron chi connectivity index (χ4n) is 2.28. The number of aliphatic hydroxyl groups excluding tert-OH is 1. The summed E-state index contributed by atoms with van der Waals surface area (Å²) >= 11 is 4.80. The van der Waals surface area contributed by atoms with Crippen LogP contribution in [0, 0.1) is 5.92 Å². The van der Waals surface area contributed by atoms with Gasteiger partial charge in [0.15, 0.2) is 0 Å². The molecule has 11 heteroatoms. The van der Waals surface area contributed by atoms with E-state index >= 15 is 0 Å². The molecule has 1 aromatic heterocycles. The number of hydrogen-bond acceptors (Lipinski definition) is 8. The van der Waals surface area contributed by atoms with Crippen LogP contribution in [0.3, 0.4) is 0 Å². The van der Waals surface area contributed by atoms with E-state index in [0.717, 1.165) is 5.03 Å². The van der Waals surface area contributed by atoms with Gasteiger partial charge in [0, 0.05) is 24.9 Å². The molecule has 0 fully saturated rings. The summed E-state index contributed by atoms with van der Waals surface area (Å²) in [5.41, 5.74) is -0.562. The van der Waals surface area contributed by atoms with Crippen molar-refractivity contribution >= 4 is 55.5 Å². The zero-order valence-electron chi connectivity index (χ0n) is 15.9. The summed E-state index contributed by atoms with van der Waals surface area (Å²) in [6.07, 6.45) is -0.781. The van der Waals surface area contributed by atoms with Gasteiger partial charge in [-0.05, 0) is 26.7 Å². The van der Waals surface area contributed by atoms with Crippen molar-refractivity contribution in [1.29, 1.82) is 0 Å². The maximum atomic E-state index is 12.4. The number of ether oxygens (including phenoxy) is 1. The third kappa shape index (κ3) is 7.89. The van der Waals surface area contributed by atoms with E-state index in [1.807, 2.05) is 40.0 Å². The lowest BCUT2D eigenvalue weighted by molar-refractivity contribution is 0.0106. The molecule has 0 aliphatic carbocycles. The Morgan fingerprint density at radius 3 is 2.65 bits per heavy atom. The molecule has 1 rings (SSSR count). The third-order valence-electron chi connectivity index (χ3n) is 3.52. The van der Waals surface area contributed by atoms with Crippen molar-refractivity contribution in [2.75, 3.05) is 7.05 Å². The molecule has 0 radical (unpaired) electrons. The number of amides is 1. The molecule has 26 heavy (non-hydrogen) atoms. The molecule has 3 N–H and O–H groups in total. The van der Waals surface area contributed by atoms with Gasteiger partial charge < -0.3 is 19.5 Å². The second-order valence-corrected chi connectivity index (χ2v) is 11.2. The van der Waals surface area contributed by atoms with E-state index in [-0.39, 0.29) is 16.0 Å². The van der Waals surface area contributed by atoms with E-state index in [2.05, 4.69) is 27.4 Å². The van der Waals surface area contributed by atoms with Gasteiger partial charge in [-0.25, -0.2) is 15.7 Å². The Morgan fingerprint density at radius 2 is 2.15 bits per heavy atom. The Labute approximate surface area is 177 Å². The molecule has 0 spiro atoms. The Balaban J connectivity index is 2.79. The first-order valence-corrected chi connectivity index (χ1v) is 11.2. The maximum Gasteiger partial charge on any atom is 0.459 e. The molecule has 0 saturated heterocycles. The molecule has 7 nitrogen and oxygen atoms in total. The third-order valence-corrected chi connectivity index (χ3v) is 6.42. The average molecular weight is 515 g/mol. The van der Waals surface area contributed by atoms with Crippen LogP contribution in [-0.4, -0.2) is 43.8 Å².